The average Bonchev–Trinajstić information content (AvgIpc) is 2.80. The van der Waals surface area contributed by atoms with E-state index in [4.69, 9.17) is 11.5 Å². The minimum Gasteiger partial charge on any atom is -0.370 e. The molecule has 0 aliphatic heterocycles. The molecule has 0 heterocycles. The molecule has 2 amide bonds. The van der Waals surface area contributed by atoms with Gasteiger partial charge in [-0.3, -0.25) is 14.4 Å². The summed E-state index contributed by atoms with van der Waals surface area (Å²) in [5.41, 5.74) is 13.0. The highest BCUT2D eigenvalue weighted by Gasteiger charge is 2.31. The topological polar surface area (TPSA) is 140 Å². The summed E-state index contributed by atoms with van der Waals surface area (Å²) >= 11 is 0. The summed E-state index contributed by atoms with van der Waals surface area (Å²) < 4.78 is 0. The SMILES string of the molecule is CC(=O)[C@H](Cc1ccc(C#Cc2ccccc2)cc1)NC(=O)CNC(=O)[C@H](N=C(N)N)C(C)(C)C. The molecule has 0 spiro atoms. The van der Waals surface area contributed by atoms with Crippen LogP contribution < -0.4 is 22.1 Å². The second-order valence-corrected chi connectivity index (χ2v) is 9.29. The van der Waals surface area contributed by atoms with Gasteiger partial charge in [-0.25, -0.2) is 4.99 Å². The molecule has 2 aromatic rings. The van der Waals surface area contributed by atoms with Gasteiger partial charge in [-0.2, -0.15) is 0 Å². The second-order valence-electron chi connectivity index (χ2n) is 9.29. The number of ketones is 1. The minimum atomic E-state index is -0.854. The highest BCUT2D eigenvalue weighted by Crippen LogP contribution is 2.22. The number of nitrogens with zero attached hydrogens (tertiary/aromatic N) is 1. The summed E-state index contributed by atoms with van der Waals surface area (Å²) in [5, 5.41) is 5.23. The van der Waals surface area contributed by atoms with E-state index in [1.165, 1.54) is 6.92 Å². The van der Waals surface area contributed by atoms with Crippen LogP contribution in [0.1, 0.15) is 44.4 Å². The first-order valence-electron chi connectivity index (χ1n) is 11.3. The van der Waals surface area contributed by atoms with Gasteiger partial charge in [-0.1, -0.05) is 62.9 Å². The third-order valence-electron chi connectivity index (χ3n) is 5.11. The van der Waals surface area contributed by atoms with Crippen molar-refractivity contribution >= 4 is 23.6 Å². The second kappa shape index (κ2) is 12.4. The normalized spacial score (nSPS) is 12.3. The fraction of sp³-hybridized carbons (Fsp3) is 0.333. The first-order valence-corrected chi connectivity index (χ1v) is 11.3. The molecular weight excluding hydrogens is 442 g/mol. The van der Waals surface area contributed by atoms with Crippen LogP contribution in [0.15, 0.2) is 59.6 Å². The van der Waals surface area contributed by atoms with Crippen molar-refractivity contribution < 1.29 is 14.4 Å². The zero-order valence-electron chi connectivity index (χ0n) is 20.6. The van der Waals surface area contributed by atoms with Gasteiger partial charge in [-0.15, -0.1) is 0 Å². The number of hydrogen-bond donors (Lipinski definition) is 4. The van der Waals surface area contributed by atoms with E-state index < -0.39 is 29.3 Å². The molecule has 8 heteroatoms. The highest BCUT2D eigenvalue weighted by molar-refractivity contribution is 5.92. The van der Waals surface area contributed by atoms with Gasteiger partial charge in [0.25, 0.3) is 0 Å². The smallest absolute Gasteiger partial charge is 0.245 e. The van der Waals surface area contributed by atoms with Gasteiger partial charge in [0, 0.05) is 11.1 Å². The van der Waals surface area contributed by atoms with Crippen molar-refractivity contribution in [3.63, 3.8) is 0 Å². The van der Waals surface area contributed by atoms with Crippen molar-refractivity contribution in [2.75, 3.05) is 6.54 Å². The zero-order valence-corrected chi connectivity index (χ0v) is 20.6. The molecule has 184 valence electrons. The van der Waals surface area contributed by atoms with Crippen molar-refractivity contribution in [3.8, 4) is 11.8 Å². The Morgan fingerprint density at radius 3 is 2.03 bits per heavy atom. The van der Waals surface area contributed by atoms with Gasteiger partial charge in [0.15, 0.2) is 11.7 Å². The van der Waals surface area contributed by atoms with E-state index >= 15 is 0 Å². The van der Waals surface area contributed by atoms with E-state index in [2.05, 4.69) is 27.5 Å². The molecule has 35 heavy (non-hydrogen) atoms. The van der Waals surface area contributed by atoms with Crippen molar-refractivity contribution in [3.05, 3.63) is 71.3 Å². The third kappa shape index (κ3) is 9.33. The molecule has 0 bridgehead atoms. The zero-order chi connectivity index (χ0) is 26.0. The number of aliphatic imine (C=N–C) groups is 1. The van der Waals surface area contributed by atoms with Crippen molar-refractivity contribution in [2.45, 2.75) is 46.2 Å². The van der Waals surface area contributed by atoms with Gasteiger partial charge in [-0.05, 0) is 48.6 Å². The highest BCUT2D eigenvalue weighted by atomic mass is 16.2. The van der Waals surface area contributed by atoms with Crippen LogP contribution in [0, 0.1) is 17.3 Å². The first-order chi connectivity index (χ1) is 16.5. The first kappa shape index (κ1) is 27.1. The van der Waals surface area contributed by atoms with E-state index in [1.807, 2.05) is 75.4 Å². The number of nitrogens with two attached hydrogens (primary N) is 2. The van der Waals surface area contributed by atoms with E-state index in [9.17, 15) is 14.4 Å². The van der Waals surface area contributed by atoms with Crippen LogP contribution in [0.5, 0.6) is 0 Å². The van der Waals surface area contributed by atoms with Crippen molar-refractivity contribution in [1.29, 1.82) is 0 Å². The molecule has 2 atom stereocenters. The lowest BCUT2D eigenvalue weighted by atomic mass is 9.86. The molecule has 2 rings (SSSR count). The fourth-order valence-corrected chi connectivity index (χ4v) is 3.23. The van der Waals surface area contributed by atoms with E-state index in [-0.39, 0.29) is 18.3 Å². The van der Waals surface area contributed by atoms with Crippen LogP contribution in [0.25, 0.3) is 0 Å². The minimum absolute atomic E-state index is 0.189. The van der Waals surface area contributed by atoms with Gasteiger partial charge < -0.3 is 22.1 Å². The predicted molar refractivity (Wildman–Crippen MR) is 137 cm³/mol. The predicted octanol–water partition coefficient (Wildman–Crippen LogP) is 1.51. The van der Waals surface area contributed by atoms with Crippen LogP contribution in [0.4, 0.5) is 0 Å². The Morgan fingerprint density at radius 1 is 0.943 bits per heavy atom. The molecule has 8 nitrogen and oxygen atoms in total. The molecule has 2 aromatic carbocycles. The molecule has 0 saturated heterocycles. The van der Waals surface area contributed by atoms with E-state index in [0.717, 1.165) is 16.7 Å². The maximum absolute atomic E-state index is 12.5. The molecule has 6 N–H and O–H groups in total. The quantitative estimate of drug-likeness (QED) is 0.260. The number of carbonyl (C=O) groups excluding carboxylic acids is 3. The summed E-state index contributed by atoms with van der Waals surface area (Å²) in [7, 11) is 0. The molecule has 0 radical (unpaired) electrons. The summed E-state index contributed by atoms with van der Waals surface area (Å²) in [6.07, 6.45) is 0.319. The van der Waals surface area contributed by atoms with Crippen LogP contribution >= 0.6 is 0 Å². The summed E-state index contributed by atoms with van der Waals surface area (Å²) in [4.78, 5) is 41.1. The number of hydrogen-bond acceptors (Lipinski definition) is 4. The van der Waals surface area contributed by atoms with Crippen molar-refractivity contribution in [1.82, 2.24) is 10.6 Å². The Balaban J connectivity index is 1.96. The molecule has 0 aromatic heterocycles. The van der Waals surface area contributed by atoms with Gasteiger partial charge in [0.2, 0.25) is 11.8 Å². The molecule has 0 aliphatic carbocycles. The summed E-state index contributed by atoms with van der Waals surface area (Å²) in [6, 6.07) is 15.6. The average molecular weight is 476 g/mol. The number of nitrogens with one attached hydrogen (secondary N) is 2. The Bertz CT molecular complexity index is 1120. The number of rotatable bonds is 8. The van der Waals surface area contributed by atoms with Gasteiger partial charge >= 0.3 is 0 Å². The van der Waals surface area contributed by atoms with Crippen LogP contribution in [-0.4, -0.2) is 42.2 Å². The lowest BCUT2D eigenvalue weighted by molar-refractivity contribution is -0.129. The van der Waals surface area contributed by atoms with Crippen molar-refractivity contribution in [2.24, 2.45) is 21.9 Å². The molecule has 0 unspecified atom stereocenters. The van der Waals surface area contributed by atoms with Crippen LogP contribution in [-0.2, 0) is 20.8 Å². The molecule has 0 fully saturated rings. The van der Waals surface area contributed by atoms with Gasteiger partial charge in [0.05, 0.1) is 12.6 Å². The Kier molecular flexibility index (Phi) is 9.59. The summed E-state index contributed by atoms with van der Waals surface area (Å²) in [5.74, 6) is 4.84. The third-order valence-corrected chi connectivity index (χ3v) is 5.11. The lowest BCUT2D eigenvalue weighted by Crippen LogP contribution is -2.49. The number of carbonyl (C=O) groups is 3. The van der Waals surface area contributed by atoms with E-state index in [0.29, 0.717) is 6.42 Å². The lowest BCUT2D eigenvalue weighted by Gasteiger charge is -2.26. The molecular formula is C27H33N5O3. The standard InChI is InChI=1S/C27H33N5O3/c1-18(33)22(31-23(34)17-30-25(35)24(27(2,3)4)32-26(28)29)16-21-14-12-20(13-15-21)11-10-19-8-6-5-7-9-19/h5-9,12-15,22,24H,16-17H2,1-4H3,(H,30,35)(H,31,34)(H4,28,29,32)/t22-,24-/m0/s1. The monoisotopic (exact) mass is 475 g/mol. The molecule has 0 aliphatic rings. The van der Waals surface area contributed by atoms with Gasteiger partial charge in [0.1, 0.15) is 6.04 Å². The van der Waals surface area contributed by atoms with Crippen LogP contribution in [0.2, 0.25) is 0 Å². The largest absolute Gasteiger partial charge is 0.370 e. The Morgan fingerprint density at radius 2 is 1.51 bits per heavy atom. The number of guanidine groups is 1. The number of benzene rings is 2. The fourth-order valence-electron chi connectivity index (χ4n) is 3.23. The Labute approximate surface area is 206 Å². The maximum atomic E-state index is 12.5. The maximum Gasteiger partial charge on any atom is 0.245 e. The summed E-state index contributed by atoms with van der Waals surface area (Å²) in [6.45, 7) is 6.55. The molecule has 0 saturated carbocycles. The van der Waals surface area contributed by atoms with Crippen LogP contribution in [0.3, 0.4) is 0 Å². The number of Topliss-reactive ketones (excluding diaryl/α,β-unsaturated/α-hetero) is 1. The Hall–Kier alpha value is -4.12. The van der Waals surface area contributed by atoms with E-state index in [1.54, 1.807) is 0 Å². The number of amides is 2.